The fraction of sp³-hybridized carbons (Fsp3) is 0.684. The van der Waals surface area contributed by atoms with Gasteiger partial charge in [0.1, 0.15) is 0 Å². The summed E-state index contributed by atoms with van der Waals surface area (Å²) in [5.74, 6) is 0.541. The van der Waals surface area contributed by atoms with Crippen molar-refractivity contribution in [3.8, 4) is 0 Å². The smallest absolute Gasteiger partial charge is 0.0539 e. The highest BCUT2D eigenvalue weighted by atomic mass is 16.5. The van der Waals surface area contributed by atoms with E-state index in [2.05, 4.69) is 45.9 Å². The van der Waals surface area contributed by atoms with Gasteiger partial charge >= 0.3 is 0 Å². The number of rotatable bonds is 1. The molecule has 3 rings (SSSR count). The topological polar surface area (TPSA) is 9.23 Å². The van der Waals surface area contributed by atoms with Gasteiger partial charge in [-0.05, 0) is 53.2 Å². The number of fused-ring (bicyclic) bond motifs is 1. The molecule has 1 nitrogen and oxygen atoms in total. The van der Waals surface area contributed by atoms with Crippen LogP contribution in [0.1, 0.15) is 69.6 Å². The van der Waals surface area contributed by atoms with E-state index in [1.165, 1.54) is 24.8 Å². The molecule has 2 aliphatic rings. The van der Waals surface area contributed by atoms with E-state index >= 15 is 0 Å². The second kappa shape index (κ2) is 4.87. The summed E-state index contributed by atoms with van der Waals surface area (Å²) in [7, 11) is 0. The zero-order valence-corrected chi connectivity index (χ0v) is 13.5. The van der Waals surface area contributed by atoms with E-state index < -0.39 is 0 Å². The molecule has 1 aliphatic heterocycles. The molecule has 0 bridgehead atoms. The van der Waals surface area contributed by atoms with Crippen LogP contribution in [0.2, 0.25) is 0 Å². The van der Waals surface area contributed by atoms with Crippen LogP contribution in [0.5, 0.6) is 0 Å². The van der Waals surface area contributed by atoms with Crippen LogP contribution in [0.15, 0.2) is 18.2 Å². The predicted octanol–water partition coefficient (Wildman–Crippen LogP) is 4.83. The Morgan fingerprint density at radius 3 is 2.65 bits per heavy atom. The number of hydrogen-bond acceptors (Lipinski definition) is 1. The van der Waals surface area contributed by atoms with Crippen molar-refractivity contribution in [2.75, 3.05) is 13.2 Å². The van der Waals surface area contributed by atoms with Crippen molar-refractivity contribution in [2.24, 2.45) is 5.41 Å². The number of hydrogen-bond donors (Lipinski definition) is 0. The second-order valence-corrected chi connectivity index (χ2v) is 8.02. The van der Waals surface area contributed by atoms with E-state index in [4.69, 9.17) is 4.74 Å². The maximum absolute atomic E-state index is 5.77. The Morgan fingerprint density at radius 2 is 1.90 bits per heavy atom. The van der Waals surface area contributed by atoms with Crippen LogP contribution in [0.25, 0.3) is 0 Å². The Hall–Kier alpha value is -0.820. The van der Waals surface area contributed by atoms with Crippen LogP contribution in [0.4, 0.5) is 0 Å². The second-order valence-electron chi connectivity index (χ2n) is 8.02. The minimum Gasteiger partial charge on any atom is -0.381 e. The molecule has 0 radical (unpaired) electrons. The zero-order valence-electron chi connectivity index (χ0n) is 13.5. The lowest BCUT2D eigenvalue weighted by molar-refractivity contribution is 0.0102. The summed E-state index contributed by atoms with van der Waals surface area (Å²) in [6.07, 6.45) is 5.06. The summed E-state index contributed by atoms with van der Waals surface area (Å²) >= 11 is 0. The Labute approximate surface area is 123 Å². The summed E-state index contributed by atoms with van der Waals surface area (Å²) in [5, 5.41) is 0. The van der Waals surface area contributed by atoms with Gasteiger partial charge in [-0.2, -0.15) is 0 Å². The monoisotopic (exact) mass is 272 g/mol. The SMILES string of the molecule is CC1(C)CCCc2ccc(C3COCCC3(C)C)cc21. The Bertz CT molecular complexity index is 498. The van der Waals surface area contributed by atoms with Crippen LogP contribution in [0, 0.1) is 5.41 Å². The van der Waals surface area contributed by atoms with Crippen LogP contribution >= 0.6 is 0 Å². The van der Waals surface area contributed by atoms with Gasteiger partial charge in [0.25, 0.3) is 0 Å². The van der Waals surface area contributed by atoms with Crippen LogP contribution in [0.3, 0.4) is 0 Å². The van der Waals surface area contributed by atoms with Crippen molar-refractivity contribution in [3.05, 3.63) is 34.9 Å². The third-order valence-electron chi connectivity index (χ3n) is 5.63. The summed E-state index contributed by atoms with van der Waals surface area (Å²) in [6.45, 7) is 11.4. The Morgan fingerprint density at radius 1 is 1.10 bits per heavy atom. The van der Waals surface area contributed by atoms with Crippen molar-refractivity contribution in [3.63, 3.8) is 0 Å². The highest BCUT2D eigenvalue weighted by Crippen LogP contribution is 2.44. The summed E-state index contributed by atoms with van der Waals surface area (Å²) in [6, 6.07) is 7.24. The molecule has 1 saturated heterocycles. The van der Waals surface area contributed by atoms with Gasteiger partial charge in [0, 0.05) is 12.5 Å². The van der Waals surface area contributed by atoms with Gasteiger partial charge < -0.3 is 4.74 Å². The Balaban J connectivity index is 1.99. The molecule has 0 amide bonds. The molecule has 1 aromatic rings. The molecule has 0 saturated carbocycles. The molecule has 20 heavy (non-hydrogen) atoms. The van der Waals surface area contributed by atoms with E-state index in [1.54, 1.807) is 11.1 Å². The van der Waals surface area contributed by atoms with E-state index in [1.807, 2.05) is 0 Å². The molecule has 0 spiro atoms. The molecule has 1 atom stereocenters. The maximum atomic E-state index is 5.77. The predicted molar refractivity (Wildman–Crippen MR) is 84.4 cm³/mol. The summed E-state index contributed by atoms with van der Waals surface area (Å²) in [4.78, 5) is 0. The molecular formula is C19H28O. The van der Waals surface area contributed by atoms with E-state index in [0.717, 1.165) is 19.6 Å². The average Bonchev–Trinajstić information content (AvgIpc) is 2.38. The highest BCUT2D eigenvalue weighted by Gasteiger charge is 2.35. The zero-order chi connectivity index (χ0) is 14.4. The standard InChI is InChI=1S/C19H28O/c1-18(2)9-5-6-14-7-8-15(12-16(14)18)17-13-20-11-10-19(17,3)4/h7-8,12,17H,5-6,9-11,13H2,1-4H3. The van der Waals surface area contributed by atoms with Crippen LogP contribution in [-0.4, -0.2) is 13.2 Å². The van der Waals surface area contributed by atoms with Crippen LogP contribution in [-0.2, 0) is 16.6 Å². The Kier molecular flexibility index (Phi) is 3.44. The first-order valence-electron chi connectivity index (χ1n) is 8.11. The molecule has 1 aromatic carbocycles. The molecule has 1 heterocycles. The van der Waals surface area contributed by atoms with Crippen LogP contribution < -0.4 is 0 Å². The summed E-state index contributed by atoms with van der Waals surface area (Å²) in [5.41, 5.74) is 5.33. The van der Waals surface area contributed by atoms with Crippen molar-refractivity contribution >= 4 is 0 Å². The van der Waals surface area contributed by atoms with Gasteiger partial charge in [0.2, 0.25) is 0 Å². The molecule has 1 aliphatic carbocycles. The average molecular weight is 272 g/mol. The lowest BCUT2D eigenvalue weighted by Gasteiger charge is -2.40. The first-order valence-corrected chi connectivity index (χ1v) is 8.11. The van der Waals surface area contributed by atoms with E-state index in [0.29, 0.717) is 16.7 Å². The van der Waals surface area contributed by atoms with Gasteiger partial charge in [-0.3, -0.25) is 0 Å². The van der Waals surface area contributed by atoms with Gasteiger partial charge in [-0.15, -0.1) is 0 Å². The number of aryl methyl sites for hydroxylation is 1. The van der Waals surface area contributed by atoms with Crippen molar-refractivity contribution in [2.45, 2.75) is 64.7 Å². The molecule has 110 valence electrons. The van der Waals surface area contributed by atoms with E-state index in [9.17, 15) is 0 Å². The van der Waals surface area contributed by atoms with Gasteiger partial charge in [-0.1, -0.05) is 45.9 Å². The van der Waals surface area contributed by atoms with Crippen molar-refractivity contribution in [1.82, 2.24) is 0 Å². The minimum absolute atomic E-state index is 0.337. The van der Waals surface area contributed by atoms with Gasteiger partial charge in [0.15, 0.2) is 0 Å². The normalized spacial score (nSPS) is 27.9. The van der Waals surface area contributed by atoms with Gasteiger partial charge in [-0.25, -0.2) is 0 Å². The first-order chi connectivity index (χ1) is 9.40. The number of ether oxygens (including phenoxy) is 1. The fourth-order valence-electron chi connectivity index (χ4n) is 4.00. The molecule has 1 fully saturated rings. The quantitative estimate of drug-likeness (QED) is 0.711. The molecule has 0 N–H and O–H groups in total. The minimum atomic E-state index is 0.337. The fourth-order valence-corrected chi connectivity index (χ4v) is 4.00. The molecule has 1 heteroatoms. The number of benzene rings is 1. The third kappa shape index (κ3) is 2.41. The third-order valence-corrected chi connectivity index (χ3v) is 5.63. The van der Waals surface area contributed by atoms with Crippen molar-refractivity contribution < 1.29 is 4.74 Å². The molecule has 0 aromatic heterocycles. The van der Waals surface area contributed by atoms with Crippen molar-refractivity contribution in [1.29, 1.82) is 0 Å². The molecular weight excluding hydrogens is 244 g/mol. The highest BCUT2D eigenvalue weighted by molar-refractivity contribution is 5.40. The molecule has 1 unspecified atom stereocenters. The lowest BCUT2D eigenvalue weighted by atomic mass is 9.68. The summed E-state index contributed by atoms with van der Waals surface area (Å²) < 4.78 is 5.77. The van der Waals surface area contributed by atoms with E-state index in [-0.39, 0.29) is 0 Å². The maximum Gasteiger partial charge on any atom is 0.0539 e. The largest absolute Gasteiger partial charge is 0.381 e. The van der Waals surface area contributed by atoms with Gasteiger partial charge in [0.05, 0.1) is 6.61 Å². The lowest BCUT2D eigenvalue weighted by Crippen LogP contribution is -2.33. The first kappa shape index (κ1) is 14.1.